The van der Waals surface area contributed by atoms with Crippen molar-refractivity contribution in [2.45, 2.75) is 32.4 Å². The molecule has 0 saturated carbocycles. The van der Waals surface area contributed by atoms with Crippen LogP contribution in [0.4, 0.5) is 0 Å². The van der Waals surface area contributed by atoms with Gasteiger partial charge in [0.25, 0.3) is 0 Å². The van der Waals surface area contributed by atoms with Crippen LogP contribution < -0.4 is 0 Å². The average molecular weight is 383 g/mol. The number of piperidine rings is 1. The van der Waals surface area contributed by atoms with Crippen LogP contribution in [0.15, 0.2) is 10.7 Å². The molecule has 6 heteroatoms. The summed E-state index contributed by atoms with van der Waals surface area (Å²) in [7, 11) is 2.03. The Kier molecular flexibility index (Phi) is 4.28. The molecule has 4 rings (SSSR count). The Balaban J connectivity index is 1.43. The molecule has 3 aliphatic heterocycles. The fourth-order valence-corrected chi connectivity index (χ4v) is 5.46. The Hall–Kier alpha value is -0.430. The Labute approximate surface area is 147 Å². The maximum absolute atomic E-state index is 5.84. The average Bonchev–Trinajstić information content (AvgIpc) is 3.23. The summed E-state index contributed by atoms with van der Waals surface area (Å²) in [4.78, 5) is 5.26. The number of aryl methyl sites for hydroxylation is 1. The molecule has 23 heavy (non-hydrogen) atoms. The van der Waals surface area contributed by atoms with Crippen molar-refractivity contribution in [1.29, 1.82) is 0 Å². The van der Waals surface area contributed by atoms with Crippen LogP contribution in [-0.2, 0) is 18.3 Å². The summed E-state index contributed by atoms with van der Waals surface area (Å²) in [5.74, 6) is 0.757. The summed E-state index contributed by atoms with van der Waals surface area (Å²) >= 11 is 3.62. The number of ether oxygens (including phenoxy) is 1. The number of rotatable bonds is 3. The maximum atomic E-state index is 5.84. The van der Waals surface area contributed by atoms with E-state index in [0.717, 1.165) is 36.7 Å². The number of fused-ring (bicyclic) bond motifs is 2. The van der Waals surface area contributed by atoms with Crippen LogP contribution in [0.2, 0.25) is 0 Å². The van der Waals surface area contributed by atoms with Gasteiger partial charge in [-0.15, -0.1) is 0 Å². The predicted molar refractivity (Wildman–Crippen MR) is 93.2 cm³/mol. The molecule has 0 unspecified atom stereocenters. The summed E-state index contributed by atoms with van der Waals surface area (Å²) < 4.78 is 8.96. The molecule has 0 aliphatic carbocycles. The molecule has 3 aliphatic rings. The van der Waals surface area contributed by atoms with Crippen LogP contribution in [-0.4, -0.2) is 65.0 Å². The van der Waals surface area contributed by atoms with Crippen LogP contribution in [0, 0.1) is 11.3 Å². The number of likely N-dealkylation sites (tertiary alicyclic amines) is 2. The van der Waals surface area contributed by atoms with Crippen LogP contribution in [0.25, 0.3) is 0 Å². The van der Waals surface area contributed by atoms with E-state index in [2.05, 4.69) is 37.8 Å². The van der Waals surface area contributed by atoms with Gasteiger partial charge in [-0.2, -0.15) is 5.10 Å². The smallest absolute Gasteiger partial charge is 0.0663 e. The fourth-order valence-electron chi connectivity index (χ4n) is 4.98. The van der Waals surface area contributed by atoms with Crippen LogP contribution in [0.5, 0.6) is 0 Å². The molecule has 128 valence electrons. The van der Waals surface area contributed by atoms with Gasteiger partial charge < -0.3 is 4.74 Å². The van der Waals surface area contributed by atoms with E-state index in [4.69, 9.17) is 4.74 Å². The van der Waals surface area contributed by atoms with E-state index >= 15 is 0 Å². The van der Waals surface area contributed by atoms with Gasteiger partial charge in [0.1, 0.15) is 0 Å². The van der Waals surface area contributed by atoms with Gasteiger partial charge in [-0.25, -0.2) is 0 Å². The number of hydrogen-bond donors (Lipinski definition) is 0. The van der Waals surface area contributed by atoms with Crippen molar-refractivity contribution in [3.8, 4) is 0 Å². The van der Waals surface area contributed by atoms with E-state index in [-0.39, 0.29) is 0 Å². The molecular weight excluding hydrogens is 356 g/mol. The molecule has 4 heterocycles. The van der Waals surface area contributed by atoms with E-state index in [9.17, 15) is 0 Å². The van der Waals surface area contributed by atoms with E-state index in [0.29, 0.717) is 11.5 Å². The van der Waals surface area contributed by atoms with Gasteiger partial charge in [-0.1, -0.05) is 6.92 Å². The highest BCUT2D eigenvalue weighted by Crippen LogP contribution is 2.50. The number of hydrogen-bond acceptors (Lipinski definition) is 4. The van der Waals surface area contributed by atoms with E-state index in [1.54, 1.807) is 0 Å². The molecule has 1 spiro atoms. The summed E-state index contributed by atoms with van der Waals surface area (Å²) in [6.45, 7) is 10.1. The number of nitrogens with zero attached hydrogens (tertiary/aromatic N) is 4. The zero-order chi connectivity index (χ0) is 16.0. The third-order valence-electron chi connectivity index (χ3n) is 6.47. The van der Waals surface area contributed by atoms with Crippen molar-refractivity contribution >= 4 is 15.9 Å². The second-order valence-corrected chi connectivity index (χ2v) is 8.33. The van der Waals surface area contributed by atoms with Gasteiger partial charge in [0, 0.05) is 32.1 Å². The summed E-state index contributed by atoms with van der Waals surface area (Å²) in [5, 5.41) is 4.34. The van der Waals surface area contributed by atoms with E-state index in [1.807, 2.05) is 17.9 Å². The monoisotopic (exact) mass is 382 g/mol. The first kappa shape index (κ1) is 16.1. The predicted octanol–water partition coefficient (Wildman–Crippen LogP) is 2.12. The van der Waals surface area contributed by atoms with Crippen LogP contribution in [0.1, 0.15) is 25.5 Å². The first-order valence-corrected chi connectivity index (χ1v) is 9.63. The highest BCUT2D eigenvalue weighted by atomic mass is 79.9. The summed E-state index contributed by atoms with van der Waals surface area (Å²) in [5.41, 5.74) is 1.78. The van der Waals surface area contributed by atoms with Crippen LogP contribution in [0.3, 0.4) is 0 Å². The molecule has 1 aromatic heterocycles. The summed E-state index contributed by atoms with van der Waals surface area (Å²) in [6.07, 6.45) is 4.52. The number of likely N-dealkylation sites (N-methyl/N-ethyl adjacent to an activating group) is 1. The van der Waals surface area contributed by atoms with Crippen molar-refractivity contribution < 1.29 is 4.74 Å². The second kappa shape index (κ2) is 6.14. The van der Waals surface area contributed by atoms with E-state index in [1.165, 1.54) is 38.2 Å². The minimum Gasteiger partial charge on any atom is -0.379 e. The molecule has 0 bridgehead atoms. The van der Waals surface area contributed by atoms with Gasteiger partial charge >= 0.3 is 0 Å². The standard InChI is InChI=1S/C17H27BrN4O/c1-3-22-12-17(13-10-23-11-16(13)22)4-6-21(7-5-17)9-15-14(18)8-19-20(15)2/h8,13,16H,3-7,9-12H2,1-2H3/t13-,16+/m0/s1. The molecule has 0 radical (unpaired) electrons. The highest BCUT2D eigenvalue weighted by Gasteiger charge is 2.54. The second-order valence-electron chi connectivity index (χ2n) is 7.48. The first-order valence-electron chi connectivity index (χ1n) is 8.83. The lowest BCUT2D eigenvalue weighted by Crippen LogP contribution is -2.44. The Morgan fingerprint density at radius 3 is 2.78 bits per heavy atom. The molecule has 3 saturated heterocycles. The Bertz CT molecular complexity index is 547. The maximum Gasteiger partial charge on any atom is 0.0663 e. The minimum absolute atomic E-state index is 0.497. The van der Waals surface area contributed by atoms with Crippen molar-refractivity contribution in [2.75, 3.05) is 39.4 Å². The van der Waals surface area contributed by atoms with E-state index < -0.39 is 0 Å². The topological polar surface area (TPSA) is 33.5 Å². The third-order valence-corrected chi connectivity index (χ3v) is 7.13. The molecule has 3 fully saturated rings. The highest BCUT2D eigenvalue weighted by molar-refractivity contribution is 9.10. The van der Waals surface area contributed by atoms with Crippen molar-refractivity contribution in [3.05, 3.63) is 16.4 Å². The van der Waals surface area contributed by atoms with Crippen molar-refractivity contribution in [2.24, 2.45) is 18.4 Å². The lowest BCUT2D eigenvalue weighted by Gasteiger charge is -2.42. The third kappa shape index (κ3) is 2.68. The zero-order valence-corrected chi connectivity index (χ0v) is 15.8. The van der Waals surface area contributed by atoms with Crippen molar-refractivity contribution in [1.82, 2.24) is 19.6 Å². The largest absolute Gasteiger partial charge is 0.379 e. The lowest BCUT2D eigenvalue weighted by molar-refractivity contribution is 0.0469. The SMILES string of the molecule is CCN1CC2(CCN(Cc3c(Br)cnn3C)CC2)[C@H]2COC[C@H]21. The normalized spacial score (nSPS) is 31.1. The number of aromatic nitrogens is 2. The molecule has 0 amide bonds. The van der Waals surface area contributed by atoms with Gasteiger partial charge in [-0.3, -0.25) is 14.5 Å². The Morgan fingerprint density at radius 1 is 1.35 bits per heavy atom. The molecule has 0 aromatic carbocycles. The molecular formula is C17H27BrN4O. The van der Waals surface area contributed by atoms with Crippen molar-refractivity contribution in [3.63, 3.8) is 0 Å². The minimum atomic E-state index is 0.497. The summed E-state index contributed by atoms with van der Waals surface area (Å²) in [6, 6.07) is 0.678. The van der Waals surface area contributed by atoms with Gasteiger partial charge in [-0.05, 0) is 53.8 Å². The first-order chi connectivity index (χ1) is 11.1. The number of halogens is 1. The zero-order valence-electron chi connectivity index (χ0n) is 14.2. The Morgan fingerprint density at radius 2 is 2.13 bits per heavy atom. The molecule has 5 nitrogen and oxygen atoms in total. The van der Waals surface area contributed by atoms with Gasteiger partial charge in [0.2, 0.25) is 0 Å². The molecule has 1 aromatic rings. The lowest BCUT2D eigenvalue weighted by atomic mass is 9.70. The molecule has 2 atom stereocenters. The fraction of sp³-hybridized carbons (Fsp3) is 0.824. The quantitative estimate of drug-likeness (QED) is 0.801. The van der Waals surface area contributed by atoms with Gasteiger partial charge in [0.05, 0.1) is 29.6 Å². The van der Waals surface area contributed by atoms with Crippen LogP contribution >= 0.6 is 15.9 Å². The van der Waals surface area contributed by atoms with Gasteiger partial charge in [0.15, 0.2) is 0 Å². The molecule has 0 N–H and O–H groups in total.